The number of amides is 1. The van der Waals surface area contributed by atoms with Crippen molar-refractivity contribution in [3.8, 4) is 0 Å². The van der Waals surface area contributed by atoms with E-state index in [0.29, 0.717) is 21.9 Å². The van der Waals surface area contributed by atoms with Crippen LogP contribution in [0.15, 0.2) is 59.5 Å². The van der Waals surface area contributed by atoms with Crippen LogP contribution in [0.3, 0.4) is 0 Å². The second-order valence-electron chi connectivity index (χ2n) is 6.82. The largest absolute Gasteiger partial charge is 0.349 e. The summed E-state index contributed by atoms with van der Waals surface area (Å²) in [5.74, 6) is 0.0964. The maximum absolute atomic E-state index is 12.6. The third-order valence-corrected chi connectivity index (χ3v) is 6.45. The lowest BCUT2D eigenvalue weighted by molar-refractivity contribution is 0.0914. The highest BCUT2D eigenvalue weighted by molar-refractivity contribution is 7.90. The van der Waals surface area contributed by atoms with E-state index in [0.717, 1.165) is 19.5 Å². The van der Waals surface area contributed by atoms with E-state index in [1.165, 1.54) is 0 Å². The smallest absolute Gasteiger partial charge is 0.251 e. The molecule has 1 fully saturated rings. The van der Waals surface area contributed by atoms with Crippen molar-refractivity contribution in [1.29, 1.82) is 0 Å². The number of rotatable bonds is 5. The van der Waals surface area contributed by atoms with Gasteiger partial charge in [0.25, 0.3) is 5.91 Å². The molecule has 2 unspecified atom stereocenters. The van der Waals surface area contributed by atoms with Crippen LogP contribution in [-0.4, -0.2) is 33.5 Å². The second-order valence-corrected chi connectivity index (χ2v) is 8.81. The minimum absolute atomic E-state index is 0.123. The third kappa shape index (κ3) is 4.51. The second kappa shape index (κ2) is 8.01. The van der Waals surface area contributed by atoms with E-state index in [2.05, 4.69) is 17.6 Å². The number of nitrogens with one attached hydrogen (secondary N) is 2. The van der Waals surface area contributed by atoms with E-state index in [-0.39, 0.29) is 17.7 Å². The molecule has 1 heterocycles. The van der Waals surface area contributed by atoms with Crippen molar-refractivity contribution in [3.63, 3.8) is 0 Å². The van der Waals surface area contributed by atoms with Crippen LogP contribution >= 0.6 is 0 Å². The fraction of sp³-hybridized carbons (Fsp3) is 0.350. The predicted octanol–water partition coefficient (Wildman–Crippen LogP) is 2.39. The number of hydrogen-bond donors (Lipinski definition) is 2. The van der Waals surface area contributed by atoms with E-state index >= 15 is 0 Å². The number of carbonyl (C=O) groups is 1. The first kappa shape index (κ1) is 18.6. The molecular formula is C20H24N2O3S. The average Bonchev–Trinajstić information content (AvgIpc) is 2.64. The summed E-state index contributed by atoms with van der Waals surface area (Å²) < 4.78 is 25.1. The first-order valence-corrected chi connectivity index (χ1v) is 10.5. The third-order valence-electron chi connectivity index (χ3n) is 4.75. The van der Waals surface area contributed by atoms with Gasteiger partial charge in [0.15, 0.2) is 9.84 Å². The van der Waals surface area contributed by atoms with Gasteiger partial charge in [-0.2, -0.15) is 0 Å². The zero-order valence-electron chi connectivity index (χ0n) is 14.8. The van der Waals surface area contributed by atoms with Crippen molar-refractivity contribution in [2.24, 2.45) is 5.92 Å². The molecule has 0 saturated carbocycles. The van der Waals surface area contributed by atoms with Crippen LogP contribution in [0.25, 0.3) is 0 Å². The van der Waals surface area contributed by atoms with Crippen LogP contribution < -0.4 is 10.6 Å². The molecule has 1 aliphatic rings. The van der Waals surface area contributed by atoms with Gasteiger partial charge in [-0.1, -0.05) is 37.3 Å². The number of sulfone groups is 1. The van der Waals surface area contributed by atoms with Crippen molar-refractivity contribution in [2.45, 2.75) is 30.0 Å². The van der Waals surface area contributed by atoms with Crippen molar-refractivity contribution >= 4 is 15.7 Å². The minimum Gasteiger partial charge on any atom is -0.349 e. The molecule has 5 nitrogen and oxygen atoms in total. The van der Waals surface area contributed by atoms with Crippen molar-refractivity contribution in [1.82, 2.24) is 10.6 Å². The summed E-state index contributed by atoms with van der Waals surface area (Å²) in [5, 5.41) is 6.39. The number of piperidine rings is 1. The van der Waals surface area contributed by atoms with E-state index in [1.54, 1.807) is 54.6 Å². The van der Waals surface area contributed by atoms with E-state index in [4.69, 9.17) is 0 Å². The van der Waals surface area contributed by atoms with Crippen LogP contribution in [-0.2, 0) is 15.6 Å². The summed E-state index contributed by atoms with van der Waals surface area (Å²) in [6.45, 7) is 3.89. The van der Waals surface area contributed by atoms with Crippen LogP contribution in [0.4, 0.5) is 0 Å². The molecule has 2 atom stereocenters. The van der Waals surface area contributed by atoms with Gasteiger partial charge in [0, 0.05) is 11.6 Å². The SMILES string of the molecule is CC1CNCCC1NC(=O)c1cccc(CS(=O)(=O)c2ccccc2)c1. The summed E-state index contributed by atoms with van der Waals surface area (Å²) in [7, 11) is -3.43. The molecule has 3 rings (SSSR count). The zero-order valence-corrected chi connectivity index (χ0v) is 15.6. The number of carbonyl (C=O) groups excluding carboxylic acids is 1. The maximum Gasteiger partial charge on any atom is 0.251 e. The molecule has 2 N–H and O–H groups in total. The quantitative estimate of drug-likeness (QED) is 0.845. The molecule has 1 aliphatic heterocycles. The Bertz CT molecular complexity index is 866. The standard InChI is InChI=1S/C20H24N2O3S/c1-15-13-21-11-10-19(15)22-20(23)17-7-5-6-16(12-17)14-26(24,25)18-8-3-2-4-9-18/h2-9,12,15,19,21H,10-11,13-14H2,1H3,(H,22,23). The monoisotopic (exact) mass is 372 g/mol. The van der Waals surface area contributed by atoms with Crippen molar-refractivity contribution in [2.75, 3.05) is 13.1 Å². The Kier molecular flexibility index (Phi) is 5.74. The molecule has 138 valence electrons. The minimum atomic E-state index is -3.43. The highest BCUT2D eigenvalue weighted by Crippen LogP contribution is 2.18. The highest BCUT2D eigenvalue weighted by atomic mass is 32.2. The van der Waals surface area contributed by atoms with Crippen LogP contribution in [0.2, 0.25) is 0 Å². The average molecular weight is 372 g/mol. The van der Waals surface area contributed by atoms with Gasteiger partial charge < -0.3 is 10.6 Å². The van der Waals surface area contributed by atoms with Gasteiger partial charge in [-0.25, -0.2) is 8.42 Å². The fourth-order valence-electron chi connectivity index (χ4n) is 3.21. The van der Waals surface area contributed by atoms with Gasteiger partial charge in [-0.05, 0) is 55.3 Å². The molecule has 2 aromatic rings. The van der Waals surface area contributed by atoms with E-state index in [9.17, 15) is 13.2 Å². The van der Waals surface area contributed by atoms with Gasteiger partial charge in [-0.15, -0.1) is 0 Å². The summed E-state index contributed by atoms with van der Waals surface area (Å²) >= 11 is 0. The van der Waals surface area contributed by atoms with Crippen LogP contribution in [0, 0.1) is 5.92 Å². The first-order valence-electron chi connectivity index (χ1n) is 8.84. The van der Waals surface area contributed by atoms with E-state index < -0.39 is 9.84 Å². The Labute approximate surface area is 154 Å². The number of hydrogen-bond acceptors (Lipinski definition) is 4. The summed E-state index contributed by atoms with van der Waals surface area (Å²) in [5.41, 5.74) is 1.11. The van der Waals surface area contributed by atoms with E-state index in [1.807, 2.05) is 0 Å². The summed E-state index contributed by atoms with van der Waals surface area (Å²) in [4.78, 5) is 12.9. The van der Waals surface area contributed by atoms with Gasteiger partial charge in [0.2, 0.25) is 0 Å². The topological polar surface area (TPSA) is 75.3 Å². The molecule has 1 amide bonds. The molecular weight excluding hydrogens is 348 g/mol. The van der Waals surface area contributed by atoms with Gasteiger partial charge in [-0.3, -0.25) is 4.79 Å². The molecule has 26 heavy (non-hydrogen) atoms. The Hall–Kier alpha value is -2.18. The normalized spacial score (nSPS) is 20.5. The predicted molar refractivity (Wildman–Crippen MR) is 102 cm³/mol. The molecule has 2 aromatic carbocycles. The van der Waals surface area contributed by atoms with Gasteiger partial charge in [0.05, 0.1) is 10.6 Å². The molecule has 0 radical (unpaired) electrons. The summed E-state index contributed by atoms with van der Waals surface area (Å²) in [6.07, 6.45) is 0.898. The lowest BCUT2D eigenvalue weighted by Gasteiger charge is -2.30. The Morgan fingerprint density at radius 3 is 2.65 bits per heavy atom. The van der Waals surface area contributed by atoms with Gasteiger partial charge in [0.1, 0.15) is 0 Å². The molecule has 0 aliphatic carbocycles. The molecule has 0 spiro atoms. The van der Waals surface area contributed by atoms with Crippen molar-refractivity contribution < 1.29 is 13.2 Å². The molecule has 6 heteroatoms. The number of benzene rings is 2. The molecule has 0 aromatic heterocycles. The van der Waals surface area contributed by atoms with Crippen LogP contribution in [0.1, 0.15) is 29.3 Å². The molecule has 1 saturated heterocycles. The lowest BCUT2D eigenvalue weighted by Crippen LogP contribution is -2.48. The Morgan fingerprint density at radius 1 is 1.15 bits per heavy atom. The Morgan fingerprint density at radius 2 is 1.92 bits per heavy atom. The molecule has 0 bridgehead atoms. The fourth-order valence-corrected chi connectivity index (χ4v) is 4.57. The van der Waals surface area contributed by atoms with Gasteiger partial charge >= 0.3 is 0 Å². The van der Waals surface area contributed by atoms with Crippen LogP contribution in [0.5, 0.6) is 0 Å². The zero-order chi connectivity index (χ0) is 18.6. The maximum atomic E-state index is 12.6. The summed E-state index contributed by atoms with van der Waals surface area (Å²) in [6, 6.07) is 15.4. The Balaban J connectivity index is 1.73. The first-order chi connectivity index (χ1) is 12.5. The highest BCUT2D eigenvalue weighted by Gasteiger charge is 2.23. The van der Waals surface area contributed by atoms with Crippen molar-refractivity contribution in [3.05, 3.63) is 65.7 Å². The lowest BCUT2D eigenvalue weighted by atomic mass is 9.95.